The summed E-state index contributed by atoms with van der Waals surface area (Å²) in [6, 6.07) is 3.42. The zero-order valence-electron chi connectivity index (χ0n) is 11.6. The van der Waals surface area contributed by atoms with E-state index in [1.165, 1.54) is 11.0 Å². The first-order chi connectivity index (χ1) is 10.3. The molecule has 1 aliphatic rings. The maximum Gasteiger partial charge on any atom is 0.277 e. The van der Waals surface area contributed by atoms with Crippen molar-refractivity contribution in [1.29, 1.82) is 0 Å². The van der Waals surface area contributed by atoms with Crippen LogP contribution in [-0.4, -0.2) is 49.7 Å². The molecule has 0 radical (unpaired) electrons. The predicted octanol–water partition coefficient (Wildman–Crippen LogP) is 0.326. The second-order valence-electron chi connectivity index (χ2n) is 4.74. The maximum atomic E-state index is 13.4. The fraction of sp³-hybridized carbons (Fsp3) is 0.308. The van der Waals surface area contributed by atoms with Crippen LogP contribution >= 0.6 is 0 Å². The Labute approximate surface area is 127 Å². The number of hydrogen-bond donors (Lipinski definition) is 1. The van der Waals surface area contributed by atoms with Gasteiger partial charge in [0.2, 0.25) is 5.91 Å². The van der Waals surface area contributed by atoms with E-state index < -0.39 is 27.8 Å². The number of carbonyl (C=O) groups excluding carboxylic acids is 1. The minimum atomic E-state index is -3.76. The lowest BCUT2D eigenvalue weighted by atomic mass is 10.2. The number of benzene rings is 1. The molecule has 0 atom stereocenters. The molecule has 1 amide bonds. The van der Waals surface area contributed by atoms with E-state index in [9.17, 15) is 22.0 Å². The lowest BCUT2D eigenvalue weighted by Gasteiger charge is -2.32. The van der Waals surface area contributed by atoms with E-state index in [1.54, 1.807) is 0 Å². The Morgan fingerprint density at radius 2 is 1.68 bits per heavy atom. The number of carbonyl (C=O) groups is 1. The summed E-state index contributed by atoms with van der Waals surface area (Å²) in [5.74, 6) is -1.97. The van der Waals surface area contributed by atoms with Crippen molar-refractivity contribution in [3.05, 3.63) is 41.5 Å². The number of nitrogens with two attached hydrogens (primary N) is 1. The largest absolute Gasteiger partial charge is 0.337 e. The summed E-state index contributed by atoms with van der Waals surface area (Å²) in [4.78, 5) is 13.3. The van der Waals surface area contributed by atoms with Crippen LogP contribution in [0.5, 0.6) is 0 Å². The van der Waals surface area contributed by atoms with Crippen LogP contribution in [0.3, 0.4) is 0 Å². The molecule has 2 N–H and O–H groups in total. The Kier molecular flexibility index (Phi) is 4.89. The summed E-state index contributed by atoms with van der Waals surface area (Å²) in [7, 11) is -3.76. The summed E-state index contributed by atoms with van der Waals surface area (Å²) in [6.45, 7) is 0.512. The lowest BCUT2D eigenvalue weighted by Crippen LogP contribution is -2.51. The molecule has 120 valence electrons. The van der Waals surface area contributed by atoms with E-state index in [0.29, 0.717) is 0 Å². The minimum absolute atomic E-state index is 0.0898. The van der Waals surface area contributed by atoms with Crippen LogP contribution in [0.1, 0.15) is 5.56 Å². The molecule has 22 heavy (non-hydrogen) atoms. The second-order valence-corrected chi connectivity index (χ2v) is 6.28. The Hall–Kier alpha value is -1.84. The van der Waals surface area contributed by atoms with Gasteiger partial charge in [0.15, 0.2) is 0 Å². The third-order valence-electron chi connectivity index (χ3n) is 3.30. The summed E-state index contributed by atoms with van der Waals surface area (Å²) in [5, 5.41) is 5.00. The summed E-state index contributed by atoms with van der Waals surface area (Å²) < 4.78 is 50.2. The Morgan fingerprint density at radius 3 is 2.18 bits per heavy atom. The fourth-order valence-electron chi connectivity index (χ4n) is 2.09. The molecule has 9 heteroatoms. The van der Waals surface area contributed by atoms with Crippen molar-refractivity contribution in [2.75, 3.05) is 26.2 Å². The van der Waals surface area contributed by atoms with Crippen LogP contribution in [-0.2, 0) is 15.0 Å². The van der Waals surface area contributed by atoms with Gasteiger partial charge in [-0.25, -0.2) is 13.9 Å². The van der Waals surface area contributed by atoms with E-state index in [-0.39, 0.29) is 31.7 Å². The van der Waals surface area contributed by atoms with Gasteiger partial charge in [-0.3, -0.25) is 4.79 Å². The highest BCUT2D eigenvalue weighted by atomic mass is 32.2. The molecular formula is C13H15F2N3O3S. The molecule has 1 fully saturated rings. The highest BCUT2D eigenvalue weighted by Gasteiger charge is 2.25. The van der Waals surface area contributed by atoms with Crippen LogP contribution in [0.25, 0.3) is 6.08 Å². The molecule has 1 aromatic carbocycles. The van der Waals surface area contributed by atoms with E-state index in [0.717, 1.165) is 28.6 Å². The van der Waals surface area contributed by atoms with Gasteiger partial charge in [-0.05, 0) is 18.2 Å². The average Bonchev–Trinajstić information content (AvgIpc) is 2.46. The standard InChI is InChI=1S/C13H15F2N3O3S/c14-11-2-1-3-12(15)10(11)4-5-13(19)17-6-8-18(9-7-17)22(16,20)21/h1-5H,6-9H2,(H2,16,20,21)/b5-4+. The molecule has 0 aliphatic carbocycles. The van der Waals surface area contributed by atoms with Crippen LogP contribution in [0.2, 0.25) is 0 Å². The van der Waals surface area contributed by atoms with Gasteiger partial charge in [0.1, 0.15) is 11.6 Å². The third kappa shape index (κ3) is 3.87. The minimum Gasteiger partial charge on any atom is -0.337 e. The average molecular weight is 331 g/mol. The molecule has 0 unspecified atom stereocenters. The number of nitrogens with zero attached hydrogens (tertiary/aromatic N) is 2. The van der Waals surface area contributed by atoms with E-state index in [4.69, 9.17) is 5.14 Å². The normalized spacial score (nSPS) is 17.1. The molecule has 1 saturated heterocycles. The molecule has 1 aromatic rings. The van der Waals surface area contributed by atoms with Crippen LogP contribution in [0, 0.1) is 11.6 Å². The molecule has 2 rings (SSSR count). The highest BCUT2D eigenvalue weighted by Crippen LogP contribution is 2.14. The Morgan fingerprint density at radius 1 is 1.14 bits per heavy atom. The van der Waals surface area contributed by atoms with Crippen molar-refractivity contribution in [3.63, 3.8) is 0 Å². The number of hydrogen-bond acceptors (Lipinski definition) is 3. The van der Waals surface area contributed by atoms with Gasteiger partial charge < -0.3 is 4.90 Å². The van der Waals surface area contributed by atoms with Gasteiger partial charge >= 0.3 is 0 Å². The van der Waals surface area contributed by atoms with Crippen LogP contribution < -0.4 is 5.14 Å². The first kappa shape index (κ1) is 16.5. The summed E-state index contributed by atoms with van der Waals surface area (Å²) >= 11 is 0. The van der Waals surface area contributed by atoms with Gasteiger partial charge in [-0.2, -0.15) is 12.7 Å². The van der Waals surface area contributed by atoms with Gasteiger partial charge in [-0.15, -0.1) is 0 Å². The third-order valence-corrected chi connectivity index (χ3v) is 4.39. The van der Waals surface area contributed by atoms with Crippen molar-refractivity contribution in [2.24, 2.45) is 5.14 Å². The summed E-state index contributed by atoms with van der Waals surface area (Å²) in [6.07, 6.45) is 2.13. The fourth-order valence-corrected chi connectivity index (χ4v) is 2.77. The molecule has 0 bridgehead atoms. The molecule has 1 aliphatic heterocycles. The van der Waals surface area contributed by atoms with Gasteiger partial charge in [0, 0.05) is 37.8 Å². The van der Waals surface area contributed by atoms with Crippen molar-refractivity contribution in [3.8, 4) is 0 Å². The lowest BCUT2D eigenvalue weighted by molar-refractivity contribution is -0.127. The molecule has 6 nitrogen and oxygen atoms in total. The van der Waals surface area contributed by atoms with Crippen molar-refractivity contribution < 1.29 is 22.0 Å². The van der Waals surface area contributed by atoms with Gasteiger partial charge in [0.25, 0.3) is 10.2 Å². The van der Waals surface area contributed by atoms with E-state index >= 15 is 0 Å². The SMILES string of the molecule is NS(=O)(=O)N1CCN(C(=O)/C=C/c2c(F)cccc2F)CC1. The van der Waals surface area contributed by atoms with E-state index in [1.807, 2.05) is 0 Å². The number of rotatable bonds is 3. The number of amides is 1. The summed E-state index contributed by atoms with van der Waals surface area (Å²) in [5.41, 5.74) is -0.293. The van der Waals surface area contributed by atoms with Crippen molar-refractivity contribution in [1.82, 2.24) is 9.21 Å². The molecule has 0 saturated carbocycles. The van der Waals surface area contributed by atoms with Gasteiger partial charge in [-0.1, -0.05) is 6.07 Å². The van der Waals surface area contributed by atoms with Crippen molar-refractivity contribution >= 4 is 22.2 Å². The molecule has 0 spiro atoms. The predicted molar refractivity (Wildman–Crippen MR) is 76.7 cm³/mol. The number of piperazine rings is 1. The van der Waals surface area contributed by atoms with E-state index in [2.05, 4.69) is 0 Å². The Balaban J connectivity index is 2.01. The Bertz CT molecular complexity index is 678. The molecule has 0 aromatic heterocycles. The maximum absolute atomic E-state index is 13.4. The second kappa shape index (κ2) is 6.51. The van der Waals surface area contributed by atoms with Gasteiger partial charge in [0.05, 0.1) is 0 Å². The molecule has 1 heterocycles. The van der Waals surface area contributed by atoms with Crippen LogP contribution in [0.4, 0.5) is 8.78 Å². The highest BCUT2D eigenvalue weighted by molar-refractivity contribution is 7.86. The van der Waals surface area contributed by atoms with Crippen molar-refractivity contribution in [2.45, 2.75) is 0 Å². The first-order valence-corrected chi connectivity index (χ1v) is 7.98. The zero-order valence-corrected chi connectivity index (χ0v) is 12.4. The van der Waals surface area contributed by atoms with Crippen LogP contribution in [0.15, 0.2) is 24.3 Å². The smallest absolute Gasteiger partial charge is 0.277 e. The topological polar surface area (TPSA) is 83.7 Å². The quantitative estimate of drug-likeness (QED) is 0.810. The zero-order chi connectivity index (χ0) is 16.3. The first-order valence-electron chi connectivity index (χ1n) is 6.48. The number of halogens is 2. The molecular weight excluding hydrogens is 316 g/mol. The monoisotopic (exact) mass is 331 g/mol.